The summed E-state index contributed by atoms with van der Waals surface area (Å²) in [5.74, 6) is -1.29. The van der Waals surface area contributed by atoms with Gasteiger partial charge in [0.05, 0.1) is 5.92 Å². The zero-order chi connectivity index (χ0) is 30.9. The first-order valence-corrected chi connectivity index (χ1v) is 18.3. The lowest BCUT2D eigenvalue weighted by Crippen LogP contribution is -2.41. The predicted octanol–water partition coefficient (Wildman–Crippen LogP) is 11.9. The number of allylic oxidation sites excluding steroid dienone is 4. The van der Waals surface area contributed by atoms with E-state index >= 15 is 0 Å². The van der Waals surface area contributed by atoms with Crippen molar-refractivity contribution in [2.75, 3.05) is 0 Å². The zero-order valence-electron chi connectivity index (χ0n) is 28.3. The molecule has 2 atom stereocenters. The van der Waals surface area contributed by atoms with Gasteiger partial charge in [0.15, 0.2) is 0 Å². The monoisotopic (exact) mass is 590 g/mol. The second kappa shape index (κ2) is 32.3. The molecular formula is C38H71NO3. The maximum Gasteiger partial charge on any atom is 0.308 e. The number of amides is 1. The first-order chi connectivity index (χ1) is 20.5. The summed E-state index contributed by atoms with van der Waals surface area (Å²) in [6.45, 7) is 6.38. The number of hydrogen-bond donors (Lipinski definition) is 2. The molecule has 0 aliphatic rings. The van der Waals surface area contributed by atoms with Gasteiger partial charge in [-0.05, 0) is 71.1 Å². The van der Waals surface area contributed by atoms with Crippen molar-refractivity contribution in [2.45, 2.75) is 200 Å². The summed E-state index contributed by atoms with van der Waals surface area (Å²) < 4.78 is 0. The van der Waals surface area contributed by atoms with Crippen LogP contribution in [-0.2, 0) is 9.59 Å². The van der Waals surface area contributed by atoms with E-state index in [0.717, 1.165) is 38.5 Å². The highest BCUT2D eigenvalue weighted by Gasteiger charge is 2.25. The molecule has 246 valence electrons. The molecule has 0 spiro atoms. The van der Waals surface area contributed by atoms with Gasteiger partial charge >= 0.3 is 5.97 Å². The van der Waals surface area contributed by atoms with Crippen molar-refractivity contribution in [3.05, 3.63) is 24.3 Å². The molecule has 0 radical (unpaired) electrons. The van der Waals surface area contributed by atoms with E-state index in [2.05, 4.69) is 43.5 Å². The molecule has 0 saturated heterocycles. The van der Waals surface area contributed by atoms with Crippen molar-refractivity contribution in [2.24, 2.45) is 5.92 Å². The van der Waals surface area contributed by atoms with Gasteiger partial charge in [-0.2, -0.15) is 0 Å². The molecule has 0 rings (SSSR count). The van der Waals surface area contributed by atoms with Gasteiger partial charge in [-0.25, -0.2) is 0 Å². The van der Waals surface area contributed by atoms with Gasteiger partial charge in [-0.3, -0.25) is 9.59 Å². The Morgan fingerprint density at radius 2 is 0.905 bits per heavy atom. The third-order valence-corrected chi connectivity index (χ3v) is 8.50. The minimum atomic E-state index is -0.790. The number of carboxylic acid groups (broad SMARTS) is 1. The van der Waals surface area contributed by atoms with Gasteiger partial charge in [-0.1, -0.05) is 141 Å². The van der Waals surface area contributed by atoms with Gasteiger partial charge in [0, 0.05) is 12.5 Å². The minimum Gasteiger partial charge on any atom is -0.481 e. The second-order valence-corrected chi connectivity index (χ2v) is 12.7. The van der Waals surface area contributed by atoms with E-state index in [1.807, 2.05) is 6.92 Å². The van der Waals surface area contributed by atoms with Crippen LogP contribution in [0.2, 0.25) is 0 Å². The Hall–Kier alpha value is -1.58. The topological polar surface area (TPSA) is 66.4 Å². The number of carboxylic acids is 1. The molecule has 0 fully saturated rings. The minimum absolute atomic E-state index is 0.000811. The largest absolute Gasteiger partial charge is 0.481 e. The van der Waals surface area contributed by atoms with Crippen LogP contribution < -0.4 is 5.32 Å². The van der Waals surface area contributed by atoms with Crippen molar-refractivity contribution in [1.29, 1.82) is 0 Å². The molecule has 0 bridgehead atoms. The third kappa shape index (κ3) is 28.5. The summed E-state index contributed by atoms with van der Waals surface area (Å²) in [6.07, 6.45) is 41.3. The highest BCUT2D eigenvalue weighted by molar-refractivity contribution is 5.78. The molecule has 0 aromatic carbocycles. The fraction of sp³-hybridized carbons (Fsp3) is 0.842. The summed E-state index contributed by atoms with van der Waals surface area (Å²) in [5, 5.41) is 12.7. The molecule has 0 heterocycles. The summed E-state index contributed by atoms with van der Waals surface area (Å²) in [4.78, 5) is 24.2. The van der Waals surface area contributed by atoms with Gasteiger partial charge in [0.2, 0.25) is 5.91 Å². The smallest absolute Gasteiger partial charge is 0.308 e. The fourth-order valence-electron chi connectivity index (χ4n) is 5.63. The molecular weight excluding hydrogens is 518 g/mol. The van der Waals surface area contributed by atoms with E-state index in [0.29, 0.717) is 12.8 Å². The number of hydrogen-bond acceptors (Lipinski definition) is 2. The number of nitrogens with one attached hydrogen (secondary N) is 1. The highest BCUT2D eigenvalue weighted by atomic mass is 16.4. The van der Waals surface area contributed by atoms with Crippen molar-refractivity contribution < 1.29 is 14.7 Å². The lowest BCUT2D eigenvalue weighted by molar-refractivity contribution is -0.143. The van der Waals surface area contributed by atoms with E-state index in [1.54, 1.807) is 0 Å². The molecule has 0 aromatic heterocycles. The average molecular weight is 590 g/mol. The van der Waals surface area contributed by atoms with Crippen LogP contribution in [0, 0.1) is 5.92 Å². The Bertz CT molecular complexity index is 657. The quantitative estimate of drug-likeness (QED) is 0.0606. The number of carbonyl (C=O) groups excluding carboxylic acids is 1. The van der Waals surface area contributed by atoms with E-state index in [9.17, 15) is 14.7 Å². The van der Waals surface area contributed by atoms with E-state index < -0.39 is 11.9 Å². The molecule has 4 heteroatoms. The van der Waals surface area contributed by atoms with E-state index in [1.165, 1.54) is 122 Å². The van der Waals surface area contributed by atoms with Crippen LogP contribution in [0.1, 0.15) is 194 Å². The third-order valence-electron chi connectivity index (χ3n) is 8.50. The van der Waals surface area contributed by atoms with Crippen molar-refractivity contribution in [3.63, 3.8) is 0 Å². The molecule has 0 saturated carbocycles. The van der Waals surface area contributed by atoms with Crippen molar-refractivity contribution >= 4 is 11.9 Å². The predicted molar refractivity (Wildman–Crippen MR) is 183 cm³/mol. The number of aliphatic carboxylic acids is 1. The van der Waals surface area contributed by atoms with E-state index in [-0.39, 0.29) is 11.9 Å². The van der Waals surface area contributed by atoms with Crippen LogP contribution in [-0.4, -0.2) is 23.0 Å². The Balaban J connectivity index is 3.74. The first-order valence-electron chi connectivity index (χ1n) is 18.3. The lowest BCUT2D eigenvalue weighted by Gasteiger charge is -2.21. The van der Waals surface area contributed by atoms with Crippen LogP contribution in [0.25, 0.3) is 0 Å². The molecule has 4 nitrogen and oxygen atoms in total. The van der Waals surface area contributed by atoms with Crippen LogP contribution in [0.15, 0.2) is 24.3 Å². The Labute approximate surface area is 262 Å². The van der Waals surface area contributed by atoms with Gasteiger partial charge in [0.25, 0.3) is 0 Å². The van der Waals surface area contributed by atoms with Gasteiger partial charge in [0.1, 0.15) is 0 Å². The normalized spacial score (nSPS) is 13.2. The Kier molecular flexibility index (Phi) is 31.1. The van der Waals surface area contributed by atoms with Crippen LogP contribution >= 0.6 is 0 Å². The lowest BCUT2D eigenvalue weighted by atomic mass is 9.94. The Morgan fingerprint density at radius 3 is 1.31 bits per heavy atom. The standard InChI is InChI=1S/C38H71NO3/c1-4-6-8-10-12-14-16-18-20-22-24-26-28-30-32-34-37(40)39-35(3)36(38(41)42)33-31-29-27-25-23-21-19-17-15-13-11-9-7-5-2/h18-21,35-36H,4-17,22-34H2,1-3H3,(H,39,40)(H,41,42). The number of carbonyl (C=O) groups is 2. The van der Waals surface area contributed by atoms with Crippen molar-refractivity contribution in [3.8, 4) is 0 Å². The maximum absolute atomic E-state index is 12.4. The maximum atomic E-state index is 12.4. The number of unbranched alkanes of at least 4 members (excludes halogenated alkanes) is 21. The molecule has 2 N–H and O–H groups in total. The van der Waals surface area contributed by atoms with Crippen LogP contribution in [0.5, 0.6) is 0 Å². The Morgan fingerprint density at radius 1 is 0.548 bits per heavy atom. The van der Waals surface area contributed by atoms with Crippen LogP contribution in [0.4, 0.5) is 0 Å². The SMILES string of the molecule is CCCCCCCCC=CCCCCCCCC(=O)NC(C)C(CCCCCCC=CCCCCCCCC)C(=O)O. The molecule has 42 heavy (non-hydrogen) atoms. The van der Waals surface area contributed by atoms with Crippen molar-refractivity contribution in [1.82, 2.24) is 5.32 Å². The van der Waals surface area contributed by atoms with Gasteiger partial charge < -0.3 is 10.4 Å². The number of rotatable bonds is 32. The summed E-state index contributed by atoms with van der Waals surface area (Å²) in [6, 6.07) is -0.317. The summed E-state index contributed by atoms with van der Waals surface area (Å²) >= 11 is 0. The molecule has 0 aliphatic heterocycles. The first kappa shape index (κ1) is 40.4. The molecule has 0 aromatic rings. The zero-order valence-corrected chi connectivity index (χ0v) is 28.3. The average Bonchev–Trinajstić information content (AvgIpc) is 2.96. The second-order valence-electron chi connectivity index (χ2n) is 12.7. The fourth-order valence-corrected chi connectivity index (χ4v) is 5.63. The summed E-state index contributed by atoms with van der Waals surface area (Å²) in [7, 11) is 0. The molecule has 0 aliphatic carbocycles. The van der Waals surface area contributed by atoms with Crippen LogP contribution in [0.3, 0.4) is 0 Å². The highest BCUT2D eigenvalue weighted by Crippen LogP contribution is 2.17. The van der Waals surface area contributed by atoms with E-state index in [4.69, 9.17) is 0 Å². The molecule has 1 amide bonds. The summed E-state index contributed by atoms with van der Waals surface area (Å²) in [5.41, 5.74) is 0. The molecule has 2 unspecified atom stereocenters. The van der Waals surface area contributed by atoms with Gasteiger partial charge in [-0.15, -0.1) is 0 Å².